The van der Waals surface area contributed by atoms with Crippen molar-refractivity contribution in [1.82, 2.24) is 25.5 Å². The number of nitrogens with one attached hydrogen (secondary N) is 1. The van der Waals surface area contributed by atoms with E-state index in [1.165, 1.54) is 24.7 Å². The van der Waals surface area contributed by atoms with Crippen LogP contribution in [0.5, 0.6) is 11.8 Å². The molecule has 0 aromatic carbocycles. The summed E-state index contributed by atoms with van der Waals surface area (Å²) in [5.41, 5.74) is 0.222. The molecule has 1 aliphatic heterocycles. The van der Waals surface area contributed by atoms with Crippen LogP contribution in [0.1, 0.15) is 19.8 Å². The average Bonchev–Trinajstić information content (AvgIpc) is 2.69. The van der Waals surface area contributed by atoms with Crippen molar-refractivity contribution in [3.05, 3.63) is 24.7 Å². The maximum absolute atomic E-state index is 12.4. The highest BCUT2D eigenvalue weighted by Crippen LogP contribution is 2.28. The van der Waals surface area contributed by atoms with Crippen LogP contribution in [-0.2, 0) is 4.79 Å². The van der Waals surface area contributed by atoms with Gasteiger partial charge in [0.05, 0.1) is 29.8 Å². The van der Waals surface area contributed by atoms with E-state index in [-0.39, 0.29) is 17.4 Å². The molecule has 150 valence electrons. The number of esters is 1. The Morgan fingerprint density at radius 1 is 1.25 bits per heavy atom. The Labute approximate surface area is 158 Å². The Morgan fingerprint density at radius 3 is 2.64 bits per heavy atom. The third kappa shape index (κ3) is 4.91. The number of piperidine rings is 1. The first-order chi connectivity index (χ1) is 13.3. The Kier molecular flexibility index (Phi) is 6.02. The van der Waals surface area contributed by atoms with E-state index in [9.17, 15) is 18.0 Å². The molecule has 2 aromatic heterocycles. The number of rotatable bonds is 5. The molecule has 0 amide bonds. The van der Waals surface area contributed by atoms with Gasteiger partial charge in [-0.1, -0.05) is 0 Å². The van der Waals surface area contributed by atoms with Crippen molar-refractivity contribution in [1.29, 1.82) is 0 Å². The number of hydrogen-bond acceptors (Lipinski definition) is 8. The third-order valence-corrected chi connectivity index (χ3v) is 4.37. The summed E-state index contributed by atoms with van der Waals surface area (Å²) in [6.45, 7) is 3.85. The number of alkyl halides is 3. The molecular formula is C17H18F3N5O3. The second-order valence-electron chi connectivity index (χ2n) is 6.29. The van der Waals surface area contributed by atoms with E-state index < -0.39 is 18.0 Å². The highest BCUT2D eigenvalue weighted by Gasteiger charge is 2.42. The minimum Gasteiger partial charge on any atom is -0.473 e. The fraction of sp³-hybridized carbons (Fsp3) is 0.471. The van der Waals surface area contributed by atoms with Crippen molar-refractivity contribution in [2.75, 3.05) is 13.1 Å². The maximum Gasteiger partial charge on any atom is 0.491 e. The van der Waals surface area contributed by atoms with Crippen LogP contribution in [0.4, 0.5) is 13.2 Å². The van der Waals surface area contributed by atoms with Gasteiger partial charge in [-0.3, -0.25) is 0 Å². The summed E-state index contributed by atoms with van der Waals surface area (Å²) in [4.78, 5) is 19.4. The predicted octanol–water partition coefficient (Wildman–Crippen LogP) is 2.17. The number of halogens is 3. The molecule has 0 radical (unpaired) electrons. The molecule has 2 aromatic rings. The fourth-order valence-corrected chi connectivity index (χ4v) is 2.85. The molecule has 0 bridgehead atoms. The van der Waals surface area contributed by atoms with Crippen molar-refractivity contribution in [2.24, 2.45) is 5.92 Å². The van der Waals surface area contributed by atoms with Crippen LogP contribution in [0.25, 0.3) is 11.3 Å². The zero-order chi connectivity index (χ0) is 20.1. The number of aromatic nitrogens is 4. The highest BCUT2D eigenvalue weighted by molar-refractivity contribution is 5.79. The van der Waals surface area contributed by atoms with E-state index in [0.717, 1.165) is 25.9 Å². The van der Waals surface area contributed by atoms with Crippen molar-refractivity contribution in [2.45, 2.75) is 32.0 Å². The summed E-state index contributed by atoms with van der Waals surface area (Å²) in [6, 6.07) is 1.33. The van der Waals surface area contributed by atoms with E-state index in [1.807, 2.05) is 6.92 Å². The SMILES string of the molecule is C[C@H](Oc1cnc(-c2ccnnc2OC(=O)C(F)(F)F)cn1)C1CCNCC1. The molecule has 3 heterocycles. The van der Waals surface area contributed by atoms with E-state index in [1.54, 1.807) is 0 Å². The van der Waals surface area contributed by atoms with Gasteiger partial charge in [0.25, 0.3) is 5.88 Å². The van der Waals surface area contributed by atoms with Crippen molar-refractivity contribution in [3.8, 4) is 23.0 Å². The lowest BCUT2D eigenvalue weighted by Crippen LogP contribution is -2.35. The van der Waals surface area contributed by atoms with Gasteiger partial charge in [0.2, 0.25) is 5.88 Å². The van der Waals surface area contributed by atoms with Gasteiger partial charge in [-0.05, 0) is 44.8 Å². The smallest absolute Gasteiger partial charge is 0.473 e. The summed E-state index contributed by atoms with van der Waals surface area (Å²) in [6.07, 6.45) is 0.726. The number of nitrogens with zero attached hydrogens (tertiary/aromatic N) is 4. The van der Waals surface area contributed by atoms with Crippen molar-refractivity contribution >= 4 is 5.97 Å². The standard InChI is InChI=1S/C17H18F3N5O3/c1-10(11-2-5-21-6-3-11)27-14-9-22-13(8-23-14)12-4-7-24-25-15(12)28-16(26)17(18,19)20/h4,7-11,21H,2-3,5-6H2,1H3/t10-/m0/s1. The van der Waals surface area contributed by atoms with Gasteiger partial charge in [0, 0.05) is 0 Å². The van der Waals surface area contributed by atoms with Crippen LogP contribution in [0, 0.1) is 5.92 Å². The third-order valence-electron chi connectivity index (χ3n) is 4.37. The van der Waals surface area contributed by atoms with Crippen LogP contribution in [0.3, 0.4) is 0 Å². The molecule has 0 saturated carbocycles. The molecule has 11 heteroatoms. The summed E-state index contributed by atoms with van der Waals surface area (Å²) >= 11 is 0. The van der Waals surface area contributed by atoms with Gasteiger partial charge < -0.3 is 14.8 Å². The molecule has 1 aliphatic rings. The first kappa shape index (κ1) is 19.9. The second kappa shape index (κ2) is 8.46. The highest BCUT2D eigenvalue weighted by atomic mass is 19.4. The van der Waals surface area contributed by atoms with Crippen LogP contribution >= 0.6 is 0 Å². The first-order valence-corrected chi connectivity index (χ1v) is 8.65. The molecule has 0 aliphatic carbocycles. The Hall–Kier alpha value is -2.82. The lowest BCUT2D eigenvalue weighted by Gasteiger charge is -2.28. The Bertz CT molecular complexity index is 810. The van der Waals surface area contributed by atoms with Gasteiger partial charge in [0.1, 0.15) is 6.10 Å². The average molecular weight is 397 g/mol. The Balaban J connectivity index is 1.72. The minimum absolute atomic E-state index is 0.0480. The molecular weight excluding hydrogens is 379 g/mol. The Morgan fingerprint density at radius 2 is 2.00 bits per heavy atom. The quantitative estimate of drug-likeness (QED) is 0.767. The summed E-state index contributed by atoms with van der Waals surface area (Å²) < 4.78 is 47.4. The zero-order valence-electron chi connectivity index (χ0n) is 14.9. The molecule has 0 spiro atoms. The van der Waals surface area contributed by atoms with E-state index >= 15 is 0 Å². The molecule has 8 nitrogen and oxygen atoms in total. The largest absolute Gasteiger partial charge is 0.491 e. The second-order valence-corrected chi connectivity index (χ2v) is 6.29. The molecule has 28 heavy (non-hydrogen) atoms. The van der Waals surface area contributed by atoms with Crippen molar-refractivity contribution in [3.63, 3.8) is 0 Å². The molecule has 1 saturated heterocycles. The van der Waals surface area contributed by atoms with Crippen molar-refractivity contribution < 1.29 is 27.4 Å². The lowest BCUT2D eigenvalue weighted by atomic mass is 9.93. The number of ether oxygens (including phenoxy) is 2. The lowest BCUT2D eigenvalue weighted by molar-refractivity contribution is -0.190. The predicted molar refractivity (Wildman–Crippen MR) is 90.4 cm³/mol. The number of carbonyl (C=O) groups excluding carboxylic acids is 1. The summed E-state index contributed by atoms with van der Waals surface area (Å²) in [5, 5.41) is 10.2. The number of hydrogen-bond donors (Lipinski definition) is 1. The van der Waals surface area contributed by atoms with Gasteiger partial charge in [0.15, 0.2) is 0 Å². The monoisotopic (exact) mass is 397 g/mol. The van der Waals surface area contributed by atoms with E-state index in [2.05, 4.69) is 30.2 Å². The van der Waals surface area contributed by atoms with Gasteiger partial charge in [-0.25, -0.2) is 14.8 Å². The molecule has 1 N–H and O–H groups in total. The fourth-order valence-electron chi connectivity index (χ4n) is 2.85. The first-order valence-electron chi connectivity index (χ1n) is 8.65. The van der Waals surface area contributed by atoms with E-state index in [0.29, 0.717) is 11.8 Å². The summed E-state index contributed by atoms with van der Waals surface area (Å²) in [5.74, 6) is -2.29. The van der Waals surface area contributed by atoms with Crippen LogP contribution in [0.15, 0.2) is 24.7 Å². The van der Waals surface area contributed by atoms with Crippen LogP contribution in [0.2, 0.25) is 0 Å². The molecule has 3 rings (SSSR count). The van der Waals surface area contributed by atoms with Gasteiger partial charge in [-0.2, -0.15) is 18.3 Å². The molecule has 0 unspecified atom stereocenters. The minimum atomic E-state index is -5.15. The summed E-state index contributed by atoms with van der Waals surface area (Å²) in [7, 11) is 0. The van der Waals surface area contributed by atoms with Gasteiger partial charge >= 0.3 is 12.1 Å². The number of carbonyl (C=O) groups is 1. The van der Waals surface area contributed by atoms with Crippen LogP contribution < -0.4 is 14.8 Å². The zero-order valence-corrected chi connectivity index (χ0v) is 14.9. The molecule has 1 atom stereocenters. The van der Waals surface area contributed by atoms with E-state index in [4.69, 9.17) is 4.74 Å². The van der Waals surface area contributed by atoms with Gasteiger partial charge in [-0.15, -0.1) is 5.10 Å². The van der Waals surface area contributed by atoms with Crippen LogP contribution in [-0.4, -0.2) is 51.5 Å². The maximum atomic E-state index is 12.4. The molecule has 1 fully saturated rings. The topological polar surface area (TPSA) is 99.1 Å². The normalized spacial score (nSPS) is 16.4.